The summed E-state index contributed by atoms with van der Waals surface area (Å²) in [5, 5.41) is 0. The summed E-state index contributed by atoms with van der Waals surface area (Å²) in [7, 11) is 0. The summed E-state index contributed by atoms with van der Waals surface area (Å²) in [5.41, 5.74) is 2.55. The van der Waals surface area contributed by atoms with Crippen molar-refractivity contribution in [3.05, 3.63) is 54.4 Å². The Kier molecular flexibility index (Phi) is 4.59. The van der Waals surface area contributed by atoms with Crippen LogP contribution in [0.15, 0.2) is 53.6 Å². The molecule has 0 bridgehead atoms. The number of anilines is 1. The van der Waals surface area contributed by atoms with Crippen LogP contribution in [0.3, 0.4) is 0 Å². The Hall–Kier alpha value is -1.48. The molecule has 2 nitrogen and oxygen atoms in total. The van der Waals surface area contributed by atoms with Gasteiger partial charge in [0, 0.05) is 41.3 Å². The monoisotopic (exact) mass is 284 g/mol. The van der Waals surface area contributed by atoms with Crippen LogP contribution in [0.4, 0.5) is 5.69 Å². The highest BCUT2D eigenvalue weighted by molar-refractivity contribution is 7.99. The molecule has 104 valence electrons. The first-order valence-corrected chi connectivity index (χ1v) is 8.28. The maximum absolute atomic E-state index is 4.36. The lowest BCUT2D eigenvalue weighted by Crippen LogP contribution is -2.17. The lowest BCUT2D eigenvalue weighted by molar-refractivity contribution is 0.949. The molecule has 0 atom stereocenters. The molecule has 0 N–H and O–H groups in total. The van der Waals surface area contributed by atoms with Crippen LogP contribution in [0.25, 0.3) is 0 Å². The molecule has 1 aromatic carbocycles. The van der Waals surface area contributed by atoms with Crippen molar-refractivity contribution in [1.29, 1.82) is 0 Å². The Labute approximate surface area is 125 Å². The highest BCUT2D eigenvalue weighted by Gasteiger charge is 2.11. The Morgan fingerprint density at radius 2 is 1.80 bits per heavy atom. The summed E-state index contributed by atoms with van der Waals surface area (Å²) >= 11 is 1.91. The fourth-order valence-corrected chi connectivity index (χ4v) is 3.42. The van der Waals surface area contributed by atoms with Gasteiger partial charge in [-0.2, -0.15) is 0 Å². The van der Waals surface area contributed by atoms with Gasteiger partial charge in [0.2, 0.25) is 0 Å². The number of rotatable bonds is 5. The SMILES string of the molecule is c1ccc(CCSc2ccc(N3CCCC3)cc2)nc1. The summed E-state index contributed by atoms with van der Waals surface area (Å²) < 4.78 is 0. The van der Waals surface area contributed by atoms with Crippen molar-refractivity contribution in [3.63, 3.8) is 0 Å². The molecule has 2 aromatic rings. The summed E-state index contributed by atoms with van der Waals surface area (Å²) in [4.78, 5) is 8.18. The van der Waals surface area contributed by atoms with E-state index in [-0.39, 0.29) is 0 Å². The number of thioether (sulfide) groups is 1. The fraction of sp³-hybridized carbons (Fsp3) is 0.353. The second-order valence-corrected chi connectivity index (χ2v) is 6.28. The van der Waals surface area contributed by atoms with E-state index < -0.39 is 0 Å². The van der Waals surface area contributed by atoms with E-state index in [4.69, 9.17) is 0 Å². The molecule has 1 aliphatic heterocycles. The average molecular weight is 284 g/mol. The van der Waals surface area contributed by atoms with E-state index in [1.54, 1.807) is 0 Å². The third-order valence-electron chi connectivity index (χ3n) is 3.66. The topological polar surface area (TPSA) is 16.1 Å². The van der Waals surface area contributed by atoms with E-state index in [1.807, 2.05) is 24.0 Å². The number of aromatic nitrogens is 1. The molecule has 0 unspecified atom stereocenters. The van der Waals surface area contributed by atoms with Crippen LogP contribution in [0.2, 0.25) is 0 Å². The van der Waals surface area contributed by atoms with Gasteiger partial charge in [0.25, 0.3) is 0 Å². The zero-order valence-electron chi connectivity index (χ0n) is 11.7. The number of hydrogen-bond acceptors (Lipinski definition) is 3. The quantitative estimate of drug-likeness (QED) is 0.772. The van der Waals surface area contributed by atoms with Crippen LogP contribution in [0.5, 0.6) is 0 Å². The molecular formula is C17H20N2S. The number of aryl methyl sites for hydroxylation is 1. The predicted octanol–water partition coefficient (Wildman–Crippen LogP) is 4.02. The molecule has 20 heavy (non-hydrogen) atoms. The second-order valence-electron chi connectivity index (χ2n) is 5.11. The van der Waals surface area contributed by atoms with Crippen molar-refractivity contribution in [2.45, 2.75) is 24.2 Å². The first kappa shape index (κ1) is 13.5. The zero-order chi connectivity index (χ0) is 13.6. The van der Waals surface area contributed by atoms with Crippen molar-refractivity contribution in [2.24, 2.45) is 0 Å². The minimum absolute atomic E-state index is 1.03. The largest absolute Gasteiger partial charge is 0.372 e. The Morgan fingerprint density at radius 3 is 2.50 bits per heavy atom. The fourth-order valence-electron chi connectivity index (χ4n) is 2.55. The maximum atomic E-state index is 4.36. The Bertz CT molecular complexity index is 518. The molecule has 3 rings (SSSR count). The van der Waals surface area contributed by atoms with Gasteiger partial charge in [-0.15, -0.1) is 11.8 Å². The van der Waals surface area contributed by atoms with E-state index in [1.165, 1.54) is 42.2 Å². The zero-order valence-corrected chi connectivity index (χ0v) is 12.5. The standard InChI is InChI=1S/C17H20N2S/c1-2-11-18-15(5-1)10-14-20-17-8-6-16(7-9-17)19-12-3-4-13-19/h1-2,5-9,11H,3-4,10,12-14H2. The van der Waals surface area contributed by atoms with Gasteiger partial charge in [-0.05, 0) is 55.7 Å². The molecule has 0 amide bonds. The summed E-state index contributed by atoms with van der Waals surface area (Å²) in [5.74, 6) is 1.08. The summed E-state index contributed by atoms with van der Waals surface area (Å²) in [6, 6.07) is 15.1. The van der Waals surface area contributed by atoms with E-state index in [0.29, 0.717) is 0 Å². The molecule has 1 fully saturated rings. The molecule has 2 heterocycles. The van der Waals surface area contributed by atoms with Crippen molar-refractivity contribution in [1.82, 2.24) is 4.98 Å². The van der Waals surface area contributed by atoms with Crippen molar-refractivity contribution >= 4 is 17.4 Å². The lowest BCUT2D eigenvalue weighted by atomic mass is 10.3. The maximum Gasteiger partial charge on any atom is 0.0411 e. The average Bonchev–Trinajstić information content (AvgIpc) is 3.03. The lowest BCUT2D eigenvalue weighted by Gasteiger charge is -2.17. The molecular weight excluding hydrogens is 264 g/mol. The molecule has 1 aliphatic rings. The van der Waals surface area contributed by atoms with E-state index in [9.17, 15) is 0 Å². The van der Waals surface area contributed by atoms with Gasteiger partial charge in [0.15, 0.2) is 0 Å². The molecule has 0 radical (unpaired) electrons. The molecule has 0 aliphatic carbocycles. The van der Waals surface area contributed by atoms with Crippen LogP contribution < -0.4 is 4.90 Å². The molecule has 0 spiro atoms. The Morgan fingerprint density at radius 1 is 1.00 bits per heavy atom. The highest BCUT2D eigenvalue weighted by atomic mass is 32.2. The minimum Gasteiger partial charge on any atom is -0.372 e. The third kappa shape index (κ3) is 3.54. The first-order chi connectivity index (χ1) is 9.92. The summed E-state index contributed by atoms with van der Waals surface area (Å²) in [6.07, 6.45) is 5.56. The second kappa shape index (κ2) is 6.80. The number of pyridine rings is 1. The third-order valence-corrected chi connectivity index (χ3v) is 4.67. The van der Waals surface area contributed by atoms with Gasteiger partial charge in [0.05, 0.1) is 0 Å². The van der Waals surface area contributed by atoms with Crippen LogP contribution >= 0.6 is 11.8 Å². The molecule has 0 saturated carbocycles. The van der Waals surface area contributed by atoms with Crippen molar-refractivity contribution in [2.75, 3.05) is 23.7 Å². The van der Waals surface area contributed by atoms with Crippen LogP contribution in [-0.2, 0) is 6.42 Å². The molecule has 3 heteroatoms. The smallest absolute Gasteiger partial charge is 0.0411 e. The number of hydrogen-bond donors (Lipinski definition) is 0. The number of benzene rings is 1. The normalized spacial score (nSPS) is 14.7. The highest BCUT2D eigenvalue weighted by Crippen LogP contribution is 2.25. The summed E-state index contributed by atoms with van der Waals surface area (Å²) in [6.45, 7) is 2.43. The van der Waals surface area contributed by atoms with Crippen molar-refractivity contribution in [3.8, 4) is 0 Å². The first-order valence-electron chi connectivity index (χ1n) is 7.29. The minimum atomic E-state index is 1.03. The van der Waals surface area contributed by atoms with E-state index in [2.05, 4.69) is 46.3 Å². The van der Waals surface area contributed by atoms with Crippen molar-refractivity contribution < 1.29 is 0 Å². The van der Waals surface area contributed by atoms with Gasteiger partial charge < -0.3 is 4.90 Å². The van der Waals surface area contributed by atoms with E-state index in [0.717, 1.165) is 12.2 Å². The number of nitrogens with zero attached hydrogens (tertiary/aromatic N) is 2. The molecule has 1 aromatic heterocycles. The predicted molar refractivity (Wildman–Crippen MR) is 86.6 cm³/mol. The van der Waals surface area contributed by atoms with E-state index >= 15 is 0 Å². The van der Waals surface area contributed by atoms with Gasteiger partial charge in [-0.1, -0.05) is 6.07 Å². The van der Waals surface area contributed by atoms with Crippen LogP contribution in [0, 0.1) is 0 Å². The van der Waals surface area contributed by atoms with Crippen LogP contribution in [-0.4, -0.2) is 23.8 Å². The Balaban J connectivity index is 1.50. The molecule has 1 saturated heterocycles. The van der Waals surface area contributed by atoms with Gasteiger partial charge in [-0.25, -0.2) is 0 Å². The van der Waals surface area contributed by atoms with Gasteiger partial charge >= 0.3 is 0 Å². The van der Waals surface area contributed by atoms with Gasteiger partial charge in [-0.3, -0.25) is 4.98 Å². The van der Waals surface area contributed by atoms with Crippen LogP contribution in [0.1, 0.15) is 18.5 Å². The van der Waals surface area contributed by atoms with Gasteiger partial charge in [0.1, 0.15) is 0 Å².